The van der Waals surface area contributed by atoms with Crippen LogP contribution in [0.25, 0.3) is 0 Å². The summed E-state index contributed by atoms with van der Waals surface area (Å²) in [7, 11) is 0. The van der Waals surface area contributed by atoms with Gasteiger partial charge >= 0.3 is 0 Å². The van der Waals surface area contributed by atoms with E-state index < -0.39 is 0 Å². The summed E-state index contributed by atoms with van der Waals surface area (Å²) in [5, 5.41) is 8.55. The van der Waals surface area contributed by atoms with Gasteiger partial charge in [-0.1, -0.05) is 18.2 Å². The monoisotopic (exact) mass is 329 g/mol. The molecule has 1 aromatic rings. The van der Waals surface area contributed by atoms with E-state index in [4.69, 9.17) is 10.00 Å². The van der Waals surface area contributed by atoms with E-state index in [9.17, 15) is 9.59 Å². The lowest BCUT2D eigenvalue weighted by molar-refractivity contribution is -0.139. The van der Waals surface area contributed by atoms with Crippen molar-refractivity contribution in [2.24, 2.45) is 0 Å². The van der Waals surface area contributed by atoms with Crippen LogP contribution in [0.4, 0.5) is 0 Å². The molecule has 0 spiro atoms. The van der Waals surface area contributed by atoms with Gasteiger partial charge in [0.1, 0.15) is 12.2 Å². The zero-order valence-corrected chi connectivity index (χ0v) is 14.0. The minimum atomic E-state index is -0.156. The van der Waals surface area contributed by atoms with Crippen molar-refractivity contribution in [3.05, 3.63) is 29.8 Å². The molecule has 0 aromatic heterocycles. The Balaban J connectivity index is 1.66. The van der Waals surface area contributed by atoms with Crippen molar-refractivity contribution in [1.29, 1.82) is 5.26 Å². The lowest BCUT2D eigenvalue weighted by Gasteiger charge is -2.34. The van der Waals surface area contributed by atoms with Crippen molar-refractivity contribution in [3.8, 4) is 11.8 Å². The molecule has 24 heavy (non-hydrogen) atoms. The number of hydrogen-bond acceptors (Lipinski definition) is 4. The van der Waals surface area contributed by atoms with Gasteiger partial charge < -0.3 is 14.5 Å². The first kappa shape index (κ1) is 17.8. The first-order chi connectivity index (χ1) is 11.6. The predicted molar refractivity (Wildman–Crippen MR) is 89.3 cm³/mol. The smallest absolute Gasteiger partial charge is 0.236 e. The molecule has 0 bridgehead atoms. The van der Waals surface area contributed by atoms with Crippen LogP contribution >= 0.6 is 0 Å². The average molecular weight is 329 g/mol. The lowest BCUT2D eigenvalue weighted by Crippen LogP contribution is -2.50. The second-order valence-corrected chi connectivity index (χ2v) is 5.81. The normalized spacial score (nSPS) is 14.2. The molecule has 0 radical (unpaired) electrons. The minimum Gasteiger partial charge on any atom is -0.493 e. The van der Waals surface area contributed by atoms with Crippen LogP contribution in [0.5, 0.6) is 5.75 Å². The minimum absolute atomic E-state index is 0.0931. The van der Waals surface area contributed by atoms with Gasteiger partial charge in [-0.3, -0.25) is 9.59 Å². The van der Waals surface area contributed by atoms with E-state index in [1.54, 1.807) is 9.80 Å². The van der Waals surface area contributed by atoms with E-state index in [0.717, 1.165) is 11.3 Å². The maximum Gasteiger partial charge on any atom is 0.236 e. The molecule has 1 saturated heterocycles. The Labute approximate surface area is 142 Å². The summed E-state index contributed by atoms with van der Waals surface area (Å²) in [5.41, 5.74) is 1.09. The van der Waals surface area contributed by atoms with Gasteiger partial charge in [0.15, 0.2) is 0 Å². The molecular weight excluding hydrogens is 306 g/mol. The number of carbonyl (C=O) groups excluding carboxylic acids is 2. The van der Waals surface area contributed by atoms with Crippen LogP contribution in [0.15, 0.2) is 24.3 Å². The summed E-state index contributed by atoms with van der Waals surface area (Å²) in [5.74, 6) is 0.793. The van der Waals surface area contributed by atoms with Gasteiger partial charge in [0.25, 0.3) is 0 Å². The van der Waals surface area contributed by atoms with Crippen LogP contribution in [0.1, 0.15) is 24.8 Å². The second kappa shape index (κ2) is 8.92. The summed E-state index contributed by atoms with van der Waals surface area (Å²) in [6.45, 7) is 4.59. The van der Waals surface area contributed by atoms with Gasteiger partial charge in [0, 0.05) is 32.6 Å². The standard InChI is InChI=1S/C18H23N3O3/c1-15-5-2-3-6-16(15)24-14-4-7-17(22)20-10-12-21(13-11-20)18(23)8-9-19/h2-3,5-6H,4,7-8,10-14H2,1H3. The fourth-order valence-electron chi connectivity index (χ4n) is 2.67. The quantitative estimate of drug-likeness (QED) is 0.745. The number of nitriles is 1. The van der Waals surface area contributed by atoms with Crippen LogP contribution in [0, 0.1) is 18.3 Å². The number of amides is 2. The van der Waals surface area contributed by atoms with Gasteiger partial charge in [-0.15, -0.1) is 0 Å². The van der Waals surface area contributed by atoms with Gasteiger partial charge in [-0.2, -0.15) is 5.26 Å². The van der Waals surface area contributed by atoms with E-state index in [1.165, 1.54) is 0 Å². The van der Waals surface area contributed by atoms with Crippen molar-refractivity contribution in [2.45, 2.75) is 26.2 Å². The third kappa shape index (κ3) is 4.98. The fraction of sp³-hybridized carbons (Fsp3) is 0.500. The van der Waals surface area contributed by atoms with E-state index >= 15 is 0 Å². The number of nitrogens with zero attached hydrogens (tertiary/aromatic N) is 3. The molecule has 1 heterocycles. The number of ether oxygens (including phenoxy) is 1. The Kier molecular flexibility index (Phi) is 6.62. The molecule has 1 aliphatic rings. The van der Waals surface area contributed by atoms with Crippen LogP contribution in [-0.4, -0.2) is 54.4 Å². The molecule has 128 valence electrons. The summed E-state index contributed by atoms with van der Waals surface area (Å²) in [4.78, 5) is 27.3. The van der Waals surface area contributed by atoms with E-state index in [0.29, 0.717) is 45.6 Å². The summed E-state index contributed by atoms with van der Waals surface area (Å²) in [6, 6.07) is 9.68. The maximum atomic E-state index is 12.2. The van der Waals surface area contributed by atoms with E-state index in [1.807, 2.05) is 37.3 Å². The van der Waals surface area contributed by atoms with Crippen LogP contribution in [-0.2, 0) is 9.59 Å². The Bertz CT molecular complexity index is 616. The zero-order valence-electron chi connectivity index (χ0n) is 14.0. The predicted octanol–water partition coefficient (Wildman–Crippen LogP) is 1.74. The highest BCUT2D eigenvalue weighted by atomic mass is 16.5. The highest BCUT2D eigenvalue weighted by molar-refractivity contribution is 5.79. The molecule has 0 atom stereocenters. The maximum absolute atomic E-state index is 12.2. The van der Waals surface area contributed by atoms with Crippen LogP contribution in [0.3, 0.4) is 0 Å². The number of hydrogen-bond donors (Lipinski definition) is 0. The average Bonchev–Trinajstić information content (AvgIpc) is 2.60. The third-order valence-electron chi connectivity index (χ3n) is 4.10. The Hall–Kier alpha value is -2.55. The molecule has 0 N–H and O–H groups in total. The molecule has 1 fully saturated rings. The van der Waals surface area contributed by atoms with Crippen molar-refractivity contribution in [3.63, 3.8) is 0 Å². The number of aryl methyl sites for hydroxylation is 1. The molecular formula is C18H23N3O3. The SMILES string of the molecule is Cc1ccccc1OCCCC(=O)N1CCN(C(=O)CC#N)CC1. The van der Waals surface area contributed by atoms with Crippen molar-refractivity contribution in [1.82, 2.24) is 9.80 Å². The Morgan fingerprint density at radius 2 is 1.75 bits per heavy atom. The zero-order chi connectivity index (χ0) is 17.4. The van der Waals surface area contributed by atoms with E-state index in [2.05, 4.69) is 0 Å². The van der Waals surface area contributed by atoms with Crippen molar-refractivity contribution in [2.75, 3.05) is 32.8 Å². The first-order valence-electron chi connectivity index (χ1n) is 8.22. The molecule has 2 rings (SSSR count). The number of para-hydroxylation sites is 1. The van der Waals surface area contributed by atoms with Gasteiger partial charge in [-0.25, -0.2) is 0 Å². The topological polar surface area (TPSA) is 73.6 Å². The molecule has 0 unspecified atom stereocenters. The number of rotatable bonds is 6. The van der Waals surface area contributed by atoms with Crippen LogP contribution in [0.2, 0.25) is 0 Å². The van der Waals surface area contributed by atoms with Gasteiger partial charge in [0.2, 0.25) is 11.8 Å². The number of piperazine rings is 1. The largest absolute Gasteiger partial charge is 0.493 e. The third-order valence-corrected chi connectivity index (χ3v) is 4.10. The molecule has 6 nitrogen and oxygen atoms in total. The Morgan fingerprint density at radius 1 is 1.12 bits per heavy atom. The van der Waals surface area contributed by atoms with Crippen molar-refractivity contribution >= 4 is 11.8 Å². The van der Waals surface area contributed by atoms with Crippen LogP contribution < -0.4 is 4.74 Å². The number of benzene rings is 1. The second-order valence-electron chi connectivity index (χ2n) is 5.81. The molecule has 2 amide bonds. The summed E-state index contributed by atoms with van der Waals surface area (Å²) >= 11 is 0. The molecule has 0 saturated carbocycles. The van der Waals surface area contributed by atoms with Crippen molar-refractivity contribution < 1.29 is 14.3 Å². The summed E-state index contributed by atoms with van der Waals surface area (Å²) < 4.78 is 5.70. The molecule has 0 aliphatic carbocycles. The first-order valence-corrected chi connectivity index (χ1v) is 8.22. The fourth-order valence-corrected chi connectivity index (χ4v) is 2.67. The summed E-state index contributed by atoms with van der Waals surface area (Å²) in [6.07, 6.45) is 1.02. The molecule has 1 aromatic carbocycles. The highest BCUT2D eigenvalue weighted by Crippen LogP contribution is 2.16. The molecule has 6 heteroatoms. The number of carbonyl (C=O) groups is 2. The van der Waals surface area contributed by atoms with Gasteiger partial charge in [0.05, 0.1) is 12.7 Å². The van der Waals surface area contributed by atoms with Gasteiger partial charge in [-0.05, 0) is 25.0 Å². The highest BCUT2D eigenvalue weighted by Gasteiger charge is 2.23. The lowest BCUT2D eigenvalue weighted by atomic mass is 10.2. The molecule has 1 aliphatic heterocycles. The van der Waals surface area contributed by atoms with E-state index in [-0.39, 0.29) is 18.2 Å². The Morgan fingerprint density at radius 3 is 2.38 bits per heavy atom.